The smallest absolute Gasteiger partial charge is 0.280 e. The van der Waals surface area contributed by atoms with E-state index in [-0.39, 0.29) is 5.03 Å². The predicted molar refractivity (Wildman–Crippen MR) is 79.1 cm³/mol. The minimum Gasteiger partial charge on any atom is -0.411 e. The van der Waals surface area contributed by atoms with Crippen molar-refractivity contribution in [3.8, 4) is 0 Å². The molecule has 0 amide bonds. The number of sulfonamides is 1. The van der Waals surface area contributed by atoms with Crippen molar-refractivity contribution < 1.29 is 13.6 Å². The third-order valence-electron chi connectivity index (χ3n) is 2.95. The molecule has 2 N–H and O–H groups in total. The monoisotopic (exact) mass is 308 g/mol. The Labute approximate surface area is 123 Å². The number of aromatic nitrogens is 2. The van der Waals surface area contributed by atoms with Crippen LogP contribution in [0.15, 0.2) is 47.0 Å². The summed E-state index contributed by atoms with van der Waals surface area (Å²) in [6, 6.07) is 6.52. The molecule has 0 saturated heterocycles. The molecule has 1 aromatic carbocycles. The number of imidazole rings is 1. The van der Waals surface area contributed by atoms with E-state index < -0.39 is 10.0 Å². The molecule has 0 unspecified atom stereocenters. The van der Waals surface area contributed by atoms with Crippen molar-refractivity contribution in [2.75, 3.05) is 4.72 Å². The molecule has 8 heteroatoms. The molecular weight excluding hydrogens is 292 g/mol. The zero-order valence-corrected chi connectivity index (χ0v) is 12.5. The molecule has 1 heterocycles. The minimum atomic E-state index is -3.70. The molecule has 7 nitrogen and oxygen atoms in total. The highest BCUT2D eigenvalue weighted by atomic mass is 32.2. The fraction of sp³-hybridized carbons (Fsp3) is 0.231. The SMILES string of the molecule is CCn1cnc(S(=O)(=O)Nc2ccc(C(C)=NO)cc2)c1. The van der Waals surface area contributed by atoms with Crippen LogP contribution in [0.2, 0.25) is 0 Å². The summed E-state index contributed by atoms with van der Waals surface area (Å²) in [5.41, 5.74) is 1.57. The zero-order chi connectivity index (χ0) is 15.5. The Hall–Kier alpha value is -2.35. The van der Waals surface area contributed by atoms with Gasteiger partial charge in [-0.25, -0.2) is 4.98 Å². The van der Waals surface area contributed by atoms with Crippen LogP contribution in [0.25, 0.3) is 0 Å². The molecule has 0 aliphatic rings. The maximum Gasteiger partial charge on any atom is 0.280 e. The van der Waals surface area contributed by atoms with Crippen LogP contribution in [-0.2, 0) is 16.6 Å². The number of hydrogen-bond donors (Lipinski definition) is 2. The molecule has 112 valence electrons. The molecule has 0 aliphatic carbocycles. The Morgan fingerprint density at radius 3 is 2.57 bits per heavy atom. The van der Waals surface area contributed by atoms with E-state index >= 15 is 0 Å². The quantitative estimate of drug-likeness (QED) is 0.501. The number of anilines is 1. The van der Waals surface area contributed by atoms with Crippen LogP contribution in [0, 0.1) is 0 Å². The van der Waals surface area contributed by atoms with E-state index in [2.05, 4.69) is 14.9 Å². The number of hydrogen-bond acceptors (Lipinski definition) is 5. The standard InChI is InChI=1S/C13H16N4O3S/c1-3-17-8-13(14-9-17)21(19,20)16-12-6-4-11(5-7-12)10(2)15-18/h4-9,16,18H,3H2,1-2H3. The van der Waals surface area contributed by atoms with Crippen molar-refractivity contribution in [3.63, 3.8) is 0 Å². The van der Waals surface area contributed by atoms with Gasteiger partial charge in [0.25, 0.3) is 10.0 Å². The Balaban J connectivity index is 2.20. The van der Waals surface area contributed by atoms with Gasteiger partial charge in [0.15, 0.2) is 5.03 Å². The average Bonchev–Trinajstić information content (AvgIpc) is 2.96. The van der Waals surface area contributed by atoms with E-state index in [1.54, 1.807) is 35.8 Å². The van der Waals surface area contributed by atoms with Crippen LogP contribution in [0.3, 0.4) is 0 Å². The normalized spacial score (nSPS) is 12.4. The molecule has 0 saturated carbocycles. The van der Waals surface area contributed by atoms with Gasteiger partial charge in [0.1, 0.15) is 0 Å². The maximum atomic E-state index is 12.2. The van der Waals surface area contributed by atoms with Crippen LogP contribution < -0.4 is 4.72 Å². The van der Waals surface area contributed by atoms with Gasteiger partial charge in [0.05, 0.1) is 12.0 Å². The highest BCUT2D eigenvalue weighted by Gasteiger charge is 2.17. The van der Waals surface area contributed by atoms with Crippen LogP contribution in [0.5, 0.6) is 0 Å². The summed E-state index contributed by atoms with van der Waals surface area (Å²) >= 11 is 0. The second-order valence-electron chi connectivity index (χ2n) is 4.41. The molecule has 2 rings (SSSR count). The maximum absolute atomic E-state index is 12.2. The van der Waals surface area contributed by atoms with Gasteiger partial charge >= 0.3 is 0 Å². The highest BCUT2D eigenvalue weighted by molar-refractivity contribution is 7.92. The fourth-order valence-corrected chi connectivity index (χ4v) is 2.71. The molecule has 2 aromatic rings. The van der Waals surface area contributed by atoms with E-state index in [0.717, 1.165) is 0 Å². The summed E-state index contributed by atoms with van der Waals surface area (Å²) in [5, 5.41) is 11.7. The lowest BCUT2D eigenvalue weighted by Crippen LogP contribution is -2.13. The van der Waals surface area contributed by atoms with E-state index in [1.165, 1.54) is 12.5 Å². The third kappa shape index (κ3) is 3.40. The van der Waals surface area contributed by atoms with Crippen LogP contribution in [0.4, 0.5) is 5.69 Å². The Morgan fingerprint density at radius 1 is 1.38 bits per heavy atom. The van der Waals surface area contributed by atoms with Crippen molar-refractivity contribution >= 4 is 21.4 Å². The van der Waals surface area contributed by atoms with Crippen LogP contribution in [-0.4, -0.2) is 28.9 Å². The second-order valence-corrected chi connectivity index (χ2v) is 6.04. The molecular formula is C13H16N4O3S. The van der Waals surface area contributed by atoms with Crippen molar-refractivity contribution in [1.29, 1.82) is 0 Å². The highest BCUT2D eigenvalue weighted by Crippen LogP contribution is 2.15. The summed E-state index contributed by atoms with van der Waals surface area (Å²) in [6.45, 7) is 4.20. The van der Waals surface area contributed by atoms with E-state index in [0.29, 0.717) is 23.5 Å². The molecule has 0 radical (unpaired) electrons. The van der Waals surface area contributed by atoms with Crippen molar-refractivity contribution in [2.45, 2.75) is 25.4 Å². The van der Waals surface area contributed by atoms with Gasteiger partial charge in [-0.3, -0.25) is 4.72 Å². The van der Waals surface area contributed by atoms with Crippen molar-refractivity contribution in [2.24, 2.45) is 5.16 Å². The van der Waals surface area contributed by atoms with Gasteiger partial charge in [0.2, 0.25) is 0 Å². The first-order chi connectivity index (χ1) is 9.96. The summed E-state index contributed by atoms with van der Waals surface area (Å²) in [5.74, 6) is 0. The first kappa shape index (κ1) is 15.0. The lowest BCUT2D eigenvalue weighted by Gasteiger charge is -2.06. The predicted octanol–water partition coefficient (Wildman–Crippen LogP) is 1.90. The number of benzene rings is 1. The summed E-state index contributed by atoms with van der Waals surface area (Å²) in [6.07, 6.45) is 2.94. The average molecular weight is 308 g/mol. The molecule has 0 atom stereocenters. The van der Waals surface area contributed by atoms with Gasteiger partial charge in [-0.2, -0.15) is 8.42 Å². The second kappa shape index (κ2) is 5.96. The number of oxime groups is 1. The molecule has 0 aliphatic heterocycles. The van der Waals surface area contributed by atoms with Crippen LogP contribution in [0.1, 0.15) is 19.4 Å². The first-order valence-electron chi connectivity index (χ1n) is 6.30. The third-order valence-corrected chi connectivity index (χ3v) is 4.22. The van der Waals surface area contributed by atoms with E-state index in [1.807, 2.05) is 6.92 Å². The molecule has 21 heavy (non-hydrogen) atoms. The van der Waals surface area contributed by atoms with Gasteiger partial charge in [-0.1, -0.05) is 17.3 Å². The number of nitrogens with one attached hydrogen (secondary N) is 1. The lowest BCUT2D eigenvalue weighted by molar-refractivity contribution is 0.319. The Bertz CT molecular complexity index is 748. The first-order valence-corrected chi connectivity index (χ1v) is 7.78. The number of nitrogens with zero attached hydrogens (tertiary/aromatic N) is 3. The Morgan fingerprint density at radius 2 is 2.05 bits per heavy atom. The van der Waals surface area contributed by atoms with Crippen LogP contribution >= 0.6 is 0 Å². The largest absolute Gasteiger partial charge is 0.411 e. The van der Waals surface area contributed by atoms with Crippen molar-refractivity contribution in [1.82, 2.24) is 9.55 Å². The van der Waals surface area contributed by atoms with Crippen molar-refractivity contribution in [3.05, 3.63) is 42.4 Å². The zero-order valence-electron chi connectivity index (χ0n) is 11.7. The minimum absolute atomic E-state index is 0.0264. The number of aryl methyl sites for hydroxylation is 1. The molecule has 0 bridgehead atoms. The fourth-order valence-electron chi connectivity index (χ4n) is 1.70. The van der Waals surface area contributed by atoms with E-state index in [9.17, 15) is 8.42 Å². The summed E-state index contributed by atoms with van der Waals surface area (Å²) in [4.78, 5) is 3.87. The van der Waals surface area contributed by atoms with E-state index in [4.69, 9.17) is 5.21 Å². The van der Waals surface area contributed by atoms with Gasteiger partial charge < -0.3 is 9.77 Å². The topological polar surface area (TPSA) is 96.6 Å². The van der Waals surface area contributed by atoms with Gasteiger partial charge in [0, 0.05) is 18.4 Å². The Kier molecular flexibility index (Phi) is 4.27. The van der Waals surface area contributed by atoms with Gasteiger partial charge in [-0.05, 0) is 31.5 Å². The number of rotatable bonds is 5. The summed E-state index contributed by atoms with van der Waals surface area (Å²) in [7, 11) is -3.70. The summed E-state index contributed by atoms with van der Waals surface area (Å²) < 4.78 is 28.4. The molecule has 0 fully saturated rings. The molecule has 1 aromatic heterocycles. The van der Waals surface area contributed by atoms with Gasteiger partial charge in [-0.15, -0.1) is 0 Å². The molecule has 0 spiro atoms. The lowest BCUT2D eigenvalue weighted by atomic mass is 10.1.